The summed E-state index contributed by atoms with van der Waals surface area (Å²) in [6.07, 6.45) is -7.80. The molecule has 0 atom stereocenters. The molecule has 41 heavy (non-hydrogen) atoms. The predicted octanol–water partition coefficient (Wildman–Crippen LogP) is 5.58. The van der Waals surface area contributed by atoms with E-state index >= 15 is 0 Å². The summed E-state index contributed by atoms with van der Waals surface area (Å²) < 4.78 is 80.2. The van der Waals surface area contributed by atoms with Crippen molar-refractivity contribution in [1.82, 2.24) is 24.8 Å². The molecule has 0 aliphatic carbocycles. The third kappa shape index (κ3) is 6.75. The summed E-state index contributed by atoms with van der Waals surface area (Å²) in [5, 5.41) is 12.7. The maximum absolute atomic E-state index is 13.7. The van der Waals surface area contributed by atoms with Gasteiger partial charge in [0.2, 0.25) is 0 Å². The summed E-state index contributed by atoms with van der Waals surface area (Å²) in [5.74, 6) is 0.712. The molecule has 1 aliphatic heterocycles. The second-order valence-electron chi connectivity index (χ2n) is 9.66. The number of aliphatic hydroxyl groups excluding tert-OH is 1. The molecule has 216 valence electrons. The Bertz CT molecular complexity index is 1500. The Morgan fingerprint density at radius 1 is 0.829 bits per heavy atom. The van der Waals surface area contributed by atoms with Gasteiger partial charge >= 0.3 is 12.4 Å². The molecule has 0 saturated carbocycles. The van der Waals surface area contributed by atoms with Gasteiger partial charge in [-0.1, -0.05) is 6.07 Å². The van der Waals surface area contributed by atoms with Crippen LogP contribution in [-0.4, -0.2) is 69.2 Å². The molecule has 5 rings (SSSR count). The SMILES string of the molecule is OCCN1CCN(Cc2nc(Nc3ccc(C(F)(F)F)cc3)c3ccc(-c4ncccc4C(F)(F)F)cc3n2)CC1. The molecule has 3 heterocycles. The molecule has 2 N–H and O–H groups in total. The fourth-order valence-corrected chi connectivity index (χ4v) is 4.75. The number of alkyl halides is 6. The summed E-state index contributed by atoms with van der Waals surface area (Å²) in [6, 6.07) is 11.2. The lowest BCUT2D eigenvalue weighted by Gasteiger charge is -2.33. The number of piperazine rings is 1. The molecule has 4 aromatic rings. The van der Waals surface area contributed by atoms with Gasteiger partial charge in [0, 0.05) is 55.6 Å². The van der Waals surface area contributed by atoms with Crippen LogP contribution in [0.2, 0.25) is 0 Å². The number of β-amino-alcohol motifs (C(OH)–C–C–N with tert-alkyl or cyclic N) is 1. The largest absolute Gasteiger partial charge is 0.418 e. The minimum Gasteiger partial charge on any atom is -0.395 e. The Hall–Kier alpha value is -3.81. The van der Waals surface area contributed by atoms with E-state index in [1.54, 1.807) is 6.07 Å². The summed E-state index contributed by atoms with van der Waals surface area (Å²) >= 11 is 0. The van der Waals surface area contributed by atoms with E-state index in [-0.39, 0.29) is 17.9 Å². The fourth-order valence-electron chi connectivity index (χ4n) is 4.75. The van der Waals surface area contributed by atoms with Gasteiger partial charge in [-0.15, -0.1) is 0 Å². The van der Waals surface area contributed by atoms with E-state index in [1.807, 2.05) is 0 Å². The molecule has 0 spiro atoms. The average molecular weight is 577 g/mol. The van der Waals surface area contributed by atoms with Crippen molar-refractivity contribution in [2.75, 3.05) is 44.6 Å². The average Bonchev–Trinajstić information content (AvgIpc) is 2.93. The molecule has 0 radical (unpaired) electrons. The second kappa shape index (κ2) is 11.6. The molecule has 0 unspecified atom stereocenters. The van der Waals surface area contributed by atoms with Gasteiger partial charge in [-0.05, 0) is 48.5 Å². The fraction of sp³-hybridized carbons (Fsp3) is 0.321. The van der Waals surface area contributed by atoms with E-state index in [1.165, 1.54) is 36.5 Å². The molecule has 1 saturated heterocycles. The first-order valence-electron chi connectivity index (χ1n) is 12.8. The van der Waals surface area contributed by atoms with Crippen LogP contribution in [0.25, 0.3) is 22.2 Å². The highest BCUT2D eigenvalue weighted by molar-refractivity contribution is 5.93. The number of rotatable bonds is 7. The minimum absolute atomic E-state index is 0.0709. The van der Waals surface area contributed by atoms with Crippen LogP contribution in [0.15, 0.2) is 60.8 Å². The van der Waals surface area contributed by atoms with Gasteiger partial charge in [-0.25, -0.2) is 9.97 Å². The van der Waals surface area contributed by atoms with Crippen molar-refractivity contribution < 1.29 is 31.4 Å². The standard InChI is InChI=1S/C28H26F6N6O/c29-27(30,31)19-4-6-20(7-5-19)36-26-21-8-3-18(25-22(28(32,33)34)2-1-9-35-25)16-23(21)37-24(38-26)17-40-12-10-39(11-13-40)14-15-41/h1-9,16,41H,10-15,17H2,(H,36,37,38). The zero-order chi connectivity index (χ0) is 29.2. The number of aromatic nitrogens is 3. The summed E-state index contributed by atoms with van der Waals surface area (Å²) in [7, 11) is 0. The molecule has 0 amide bonds. The van der Waals surface area contributed by atoms with Crippen molar-refractivity contribution in [3.8, 4) is 11.3 Å². The van der Waals surface area contributed by atoms with Crippen molar-refractivity contribution >= 4 is 22.4 Å². The van der Waals surface area contributed by atoms with Crippen molar-refractivity contribution in [1.29, 1.82) is 0 Å². The Labute approximate surface area is 231 Å². The minimum atomic E-state index is -4.61. The topological polar surface area (TPSA) is 77.4 Å². The van der Waals surface area contributed by atoms with Crippen molar-refractivity contribution in [3.05, 3.63) is 77.7 Å². The van der Waals surface area contributed by atoms with Gasteiger partial charge in [0.1, 0.15) is 11.6 Å². The Morgan fingerprint density at radius 3 is 2.20 bits per heavy atom. The predicted molar refractivity (Wildman–Crippen MR) is 141 cm³/mol. The van der Waals surface area contributed by atoms with E-state index in [2.05, 4.69) is 30.1 Å². The number of pyridine rings is 1. The molecule has 0 bridgehead atoms. The summed E-state index contributed by atoms with van der Waals surface area (Å²) in [5.41, 5.74) is -0.976. The van der Waals surface area contributed by atoms with Gasteiger partial charge in [0.05, 0.1) is 35.5 Å². The number of nitrogens with zero attached hydrogens (tertiary/aromatic N) is 5. The van der Waals surface area contributed by atoms with Crippen LogP contribution in [-0.2, 0) is 18.9 Å². The van der Waals surface area contributed by atoms with Crippen LogP contribution in [0.5, 0.6) is 0 Å². The van der Waals surface area contributed by atoms with Crippen molar-refractivity contribution in [2.45, 2.75) is 18.9 Å². The van der Waals surface area contributed by atoms with E-state index in [0.717, 1.165) is 31.3 Å². The van der Waals surface area contributed by atoms with Crippen LogP contribution in [0, 0.1) is 0 Å². The van der Waals surface area contributed by atoms with Crippen LogP contribution in [0.4, 0.5) is 37.8 Å². The third-order valence-corrected chi connectivity index (χ3v) is 6.85. The first-order valence-corrected chi connectivity index (χ1v) is 12.8. The molecular formula is C28H26F6N6O. The number of hydrogen-bond donors (Lipinski definition) is 2. The zero-order valence-corrected chi connectivity index (χ0v) is 21.7. The Balaban J connectivity index is 1.52. The van der Waals surface area contributed by atoms with Crippen LogP contribution in [0.1, 0.15) is 17.0 Å². The normalized spacial score (nSPS) is 15.4. The smallest absolute Gasteiger partial charge is 0.395 e. The number of benzene rings is 2. The van der Waals surface area contributed by atoms with Crippen LogP contribution in [0.3, 0.4) is 0 Å². The lowest BCUT2D eigenvalue weighted by Crippen LogP contribution is -2.46. The van der Waals surface area contributed by atoms with Gasteiger partial charge in [0.15, 0.2) is 0 Å². The Kier molecular flexibility index (Phi) is 8.11. The highest BCUT2D eigenvalue weighted by Gasteiger charge is 2.34. The quantitative estimate of drug-likeness (QED) is 0.278. The summed E-state index contributed by atoms with van der Waals surface area (Å²) in [6.45, 7) is 3.90. The number of anilines is 2. The van der Waals surface area contributed by atoms with Crippen LogP contribution >= 0.6 is 0 Å². The number of fused-ring (bicyclic) bond motifs is 1. The lowest BCUT2D eigenvalue weighted by molar-refractivity contribution is -0.138. The molecule has 13 heteroatoms. The molecule has 2 aromatic heterocycles. The van der Waals surface area contributed by atoms with E-state index < -0.39 is 23.5 Å². The van der Waals surface area contributed by atoms with Gasteiger partial charge in [-0.2, -0.15) is 26.3 Å². The van der Waals surface area contributed by atoms with Crippen molar-refractivity contribution in [2.24, 2.45) is 0 Å². The number of aliphatic hydroxyl groups is 1. The van der Waals surface area contributed by atoms with E-state index in [9.17, 15) is 31.4 Å². The van der Waals surface area contributed by atoms with Gasteiger partial charge < -0.3 is 10.4 Å². The second-order valence-corrected chi connectivity index (χ2v) is 9.66. The molecule has 2 aromatic carbocycles. The van der Waals surface area contributed by atoms with Gasteiger partial charge in [0.25, 0.3) is 0 Å². The van der Waals surface area contributed by atoms with Crippen molar-refractivity contribution in [3.63, 3.8) is 0 Å². The molecule has 7 nitrogen and oxygen atoms in total. The number of halogens is 6. The zero-order valence-electron chi connectivity index (χ0n) is 21.7. The molecule has 1 fully saturated rings. The molecular weight excluding hydrogens is 550 g/mol. The highest BCUT2D eigenvalue weighted by Crippen LogP contribution is 2.37. The van der Waals surface area contributed by atoms with Gasteiger partial charge in [-0.3, -0.25) is 14.8 Å². The van der Waals surface area contributed by atoms with Crippen LogP contribution < -0.4 is 5.32 Å². The first-order chi connectivity index (χ1) is 19.5. The lowest BCUT2D eigenvalue weighted by atomic mass is 10.0. The number of hydrogen-bond acceptors (Lipinski definition) is 7. The number of nitrogens with one attached hydrogen (secondary N) is 1. The highest BCUT2D eigenvalue weighted by atomic mass is 19.4. The summed E-state index contributed by atoms with van der Waals surface area (Å²) in [4.78, 5) is 17.5. The third-order valence-electron chi connectivity index (χ3n) is 6.85. The maximum Gasteiger partial charge on any atom is 0.418 e. The Morgan fingerprint density at radius 2 is 1.54 bits per heavy atom. The van der Waals surface area contributed by atoms with E-state index in [4.69, 9.17) is 0 Å². The maximum atomic E-state index is 13.7. The molecule has 1 aliphatic rings. The van der Waals surface area contributed by atoms with E-state index in [0.29, 0.717) is 54.4 Å². The monoisotopic (exact) mass is 576 g/mol. The first kappa shape index (κ1) is 28.7.